The third kappa shape index (κ3) is 3.02. The van der Waals surface area contributed by atoms with E-state index in [0.29, 0.717) is 10.6 Å². The lowest BCUT2D eigenvalue weighted by Gasteiger charge is -2.19. The number of aromatic nitrogens is 1. The summed E-state index contributed by atoms with van der Waals surface area (Å²) in [6.45, 7) is 0. The molecule has 1 amide bonds. The summed E-state index contributed by atoms with van der Waals surface area (Å²) in [4.78, 5) is 26.7. The van der Waals surface area contributed by atoms with Crippen LogP contribution in [0, 0.1) is 16.0 Å². The second kappa shape index (κ2) is 5.77. The summed E-state index contributed by atoms with van der Waals surface area (Å²) in [5.41, 5.74) is 0.561. The number of carbonyl (C=O) groups is 1. The van der Waals surface area contributed by atoms with Gasteiger partial charge in [0.15, 0.2) is 5.13 Å². The number of anilines is 1. The van der Waals surface area contributed by atoms with Gasteiger partial charge < -0.3 is 5.32 Å². The van der Waals surface area contributed by atoms with Gasteiger partial charge in [0.2, 0.25) is 5.91 Å². The number of non-ortho nitro benzene ring substituents is 1. The number of hydrogen-bond donors (Lipinski definition) is 1. The summed E-state index contributed by atoms with van der Waals surface area (Å²) < 4.78 is 0.833. The van der Waals surface area contributed by atoms with Crippen molar-refractivity contribution >= 4 is 38.3 Å². The van der Waals surface area contributed by atoms with Crippen LogP contribution in [-0.4, -0.2) is 15.8 Å². The van der Waals surface area contributed by atoms with Crippen molar-refractivity contribution < 1.29 is 9.72 Å². The average Bonchev–Trinajstić information content (AvgIpc) is 2.89. The lowest BCUT2D eigenvalue weighted by atomic mass is 9.89. The van der Waals surface area contributed by atoms with Crippen molar-refractivity contribution in [2.45, 2.75) is 32.1 Å². The average molecular weight is 305 g/mol. The van der Waals surface area contributed by atoms with Gasteiger partial charge in [-0.15, -0.1) is 0 Å². The quantitative estimate of drug-likeness (QED) is 0.691. The van der Waals surface area contributed by atoms with Crippen molar-refractivity contribution in [1.29, 1.82) is 0 Å². The Morgan fingerprint density at radius 1 is 1.33 bits per heavy atom. The molecule has 0 atom stereocenters. The number of nitrogens with one attached hydrogen (secondary N) is 1. The monoisotopic (exact) mass is 305 g/mol. The van der Waals surface area contributed by atoms with Crippen molar-refractivity contribution in [3.63, 3.8) is 0 Å². The highest BCUT2D eigenvalue weighted by Crippen LogP contribution is 2.30. The second-order valence-corrected chi connectivity index (χ2v) is 6.28. The third-order valence-corrected chi connectivity index (χ3v) is 4.74. The van der Waals surface area contributed by atoms with Gasteiger partial charge in [-0.05, 0) is 18.9 Å². The van der Waals surface area contributed by atoms with E-state index in [1.165, 1.54) is 29.9 Å². The summed E-state index contributed by atoms with van der Waals surface area (Å²) >= 11 is 1.34. The molecule has 6 nitrogen and oxygen atoms in total. The number of benzene rings is 1. The number of thiazole rings is 1. The van der Waals surface area contributed by atoms with Crippen molar-refractivity contribution in [2.75, 3.05) is 5.32 Å². The molecule has 1 aromatic heterocycles. The van der Waals surface area contributed by atoms with Gasteiger partial charge in [0.25, 0.3) is 5.69 Å². The molecule has 110 valence electrons. The standard InChI is InChI=1S/C14H15N3O3S/c18-13(9-4-2-1-3-5-9)16-14-15-11-8-10(17(19)20)6-7-12(11)21-14/h6-9H,1-5H2,(H,15,16,18). The first kappa shape index (κ1) is 13.9. The van der Waals surface area contributed by atoms with Crippen LogP contribution < -0.4 is 5.32 Å². The molecule has 0 spiro atoms. The highest BCUT2D eigenvalue weighted by molar-refractivity contribution is 7.22. The van der Waals surface area contributed by atoms with Crippen LogP contribution in [0.15, 0.2) is 18.2 Å². The molecule has 1 aliphatic carbocycles. The predicted molar refractivity (Wildman–Crippen MR) is 81.5 cm³/mol. The van der Waals surface area contributed by atoms with Crippen LogP contribution in [0.1, 0.15) is 32.1 Å². The minimum atomic E-state index is -0.445. The van der Waals surface area contributed by atoms with Crippen LogP contribution in [-0.2, 0) is 4.79 Å². The lowest BCUT2D eigenvalue weighted by Crippen LogP contribution is -2.24. The van der Waals surface area contributed by atoms with Crippen molar-refractivity contribution in [3.05, 3.63) is 28.3 Å². The number of nitro groups is 1. The smallest absolute Gasteiger partial charge is 0.271 e. The highest BCUT2D eigenvalue weighted by atomic mass is 32.1. The van der Waals surface area contributed by atoms with Crippen LogP contribution in [0.2, 0.25) is 0 Å². The summed E-state index contributed by atoms with van der Waals surface area (Å²) in [6.07, 6.45) is 5.27. The van der Waals surface area contributed by atoms with E-state index in [2.05, 4.69) is 10.3 Å². The van der Waals surface area contributed by atoms with E-state index in [9.17, 15) is 14.9 Å². The molecule has 0 saturated heterocycles. The number of nitrogens with zero attached hydrogens (tertiary/aromatic N) is 2. The number of hydrogen-bond acceptors (Lipinski definition) is 5. The number of rotatable bonds is 3. The molecule has 7 heteroatoms. The molecule has 1 aromatic carbocycles. The molecule has 1 heterocycles. The van der Waals surface area contributed by atoms with E-state index in [-0.39, 0.29) is 17.5 Å². The lowest BCUT2D eigenvalue weighted by molar-refractivity contribution is -0.384. The van der Waals surface area contributed by atoms with Gasteiger partial charge in [0.1, 0.15) is 0 Å². The molecular formula is C14H15N3O3S. The first-order valence-electron chi connectivity index (χ1n) is 6.99. The number of nitro benzene ring substituents is 1. The van der Waals surface area contributed by atoms with Crippen LogP contribution in [0.3, 0.4) is 0 Å². The summed E-state index contributed by atoms with van der Waals surface area (Å²) in [6, 6.07) is 4.55. The Hall–Kier alpha value is -2.02. The molecular weight excluding hydrogens is 290 g/mol. The molecule has 1 saturated carbocycles. The van der Waals surface area contributed by atoms with Crippen LogP contribution in [0.5, 0.6) is 0 Å². The minimum absolute atomic E-state index is 0.0120. The van der Waals surface area contributed by atoms with E-state index in [1.807, 2.05) is 0 Å². The van der Waals surface area contributed by atoms with Gasteiger partial charge in [0, 0.05) is 18.1 Å². The van der Waals surface area contributed by atoms with E-state index in [4.69, 9.17) is 0 Å². The zero-order valence-electron chi connectivity index (χ0n) is 11.4. The molecule has 1 fully saturated rings. The Kier molecular flexibility index (Phi) is 3.83. The summed E-state index contributed by atoms with van der Waals surface area (Å²) in [5.74, 6) is 0.0864. The molecule has 0 bridgehead atoms. The summed E-state index contributed by atoms with van der Waals surface area (Å²) in [7, 11) is 0. The molecule has 1 N–H and O–H groups in total. The number of carbonyl (C=O) groups excluding carboxylic acids is 1. The van der Waals surface area contributed by atoms with Crippen LogP contribution in [0.4, 0.5) is 10.8 Å². The van der Waals surface area contributed by atoms with Gasteiger partial charge in [-0.3, -0.25) is 14.9 Å². The predicted octanol–water partition coefficient (Wildman–Crippen LogP) is 3.72. The van der Waals surface area contributed by atoms with Crippen molar-refractivity contribution in [1.82, 2.24) is 4.98 Å². The van der Waals surface area contributed by atoms with Crippen LogP contribution >= 0.6 is 11.3 Å². The molecule has 0 unspecified atom stereocenters. The fourth-order valence-electron chi connectivity index (χ4n) is 2.66. The van der Waals surface area contributed by atoms with Crippen molar-refractivity contribution in [3.8, 4) is 0 Å². The van der Waals surface area contributed by atoms with Crippen LogP contribution in [0.25, 0.3) is 10.2 Å². The molecule has 0 aliphatic heterocycles. The third-order valence-electron chi connectivity index (χ3n) is 3.79. The Morgan fingerprint density at radius 2 is 2.10 bits per heavy atom. The molecule has 1 aliphatic rings. The Morgan fingerprint density at radius 3 is 2.81 bits per heavy atom. The maximum absolute atomic E-state index is 12.2. The first-order valence-corrected chi connectivity index (χ1v) is 7.81. The SMILES string of the molecule is O=C(Nc1nc2cc([N+](=O)[O-])ccc2s1)C1CCCCC1. The molecule has 3 rings (SSSR count). The Bertz CT molecular complexity index is 692. The van der Waals surface area contributed by atoms with Gasteiger partial charge in [-0.1, -0.05) is 30.6 Å². The first-order chi connectivity index (χ1) is 10.1. The fourth-order valence-corrected chi connectivity index (χ4v) is 3.50. The highest BCUT2D eigenvalue weighted by Gasteiger charge is 2.22. The molecule has 0 radical (unpaired) electrons. The molecule has 21 heavy (non-hydrogen) atoms. The normalized spacial score (nSPS) is 16.0. The summed E-state index contributed by atoms with van der Waals surface area (Å²) in [5, 5.41) is 14.1. The zero-order chi connectivity index (χ0) is 14.8. The van der Waals surface area contributed by atoms with Gasteiger partial charge in [-0.25, -0.2) is 4.98 Å². The van der Waals surface area contributed by atoms with E-state index in [0.717, 1.165) is 30.4 Å². The minimum Gasteiger partial charge on any atom is -0.302 e. The topological polar surface area (TPSA) is 85.1 Å². The van der Waals surface area contributed by atoms with Gasteiger partial charge in [0.05, 0.1) is 15.1 Å². The molecule has 2 aromatic rings. The fraction of sp³-hybridized carbons (Fsp3) is 0.429. The van der Waals surface area contributed by atoms with E-state index in [1.54, 1.807) is 6.07 Å². The Labute approximate surface area is 125 Å². The van der Waals surface area contributed by atoms with E-state index < -0.39 is 4.92 Å². The number of amides is 1. The second-order valence-electron chi connectivity index (χ2n) is 5.25. The van der Waals surface area contributed by atoms with E-state index >= 15 is 0 Å². The number of fused-ring (bicyclic) bond motifs is 1. The van der Waals surface area contributed by atoms with Gasteiger partial charge in [-0.2, -0.15) is 0 Å². The Balaban J connectivity index is 1.77. The maximum atomic E-state index is 12.2. The van der Waals surface area contributed by atoms with Gasteiger partial charge >= 0.3 is 0 Å². The van der Waals surface area contributed by atoms with Crippen molar-refractivity contribution in [2.24, 2.45) is 5.92 Å². The maximum Gasteiger partial charge on any atom is 0.271 e. The largest absolute Gasteiger partial charge is 0.302 e. The zero-order valence-corrected chi connectivity index (χ0v) is 12.2.